The van der Waals surface area contributed by atoms with E-state index in [2.05, 4.69) is 5.32 Å². The summed E-state index contributed by atoms with van der Waals surface area (Å²) in [5.74, 6) is -3.13. The van der Waals surface area contributed by atoms with Crippen LogP contribution in [0.4, 0.5) is 0 Å². The smallest absolute Gasteiger partial charge is 0.326 e. The van der Waals surface area contributed by atoms with Gasteiger partial charge in [0.25, 0.3) is 0 Å². The van der Waals surface area contributed by atoms with Crippen LogP contribution in [-0.4, -0.2) is 47.3 Å². The van der Waals surface area contributed by atoms with E-state index in [0.29, 0.717) is 6.42 Å². The number of carbonyl (C=O) groups is 3. The van der Waals surface area contributed by atoms with Gasteiger partial charge in [-0.3, -0.25) is 9.59 Å². The number of nitrogens with one attached hydrogen (secondary N) is 1. The average Bonchev–Trinajstić information content (AvgIpc) is 2.24. The molecule has 0 rings (SSSR count). The highest BCUT2D eigenvalue weighted by Gasteiger charge is 2.22. The molecule has 0 radical (unpaired) electrons. The van der Waals surface area contributed by atoms with Crippen LogP contribution in [0.1, 0.15) is 26.2 Å². The molecular weight excluding hydrogens is 230 g/mol. The van der Waals surface area contributed by atoms with Crippen LogP contribution in [0, 0.1) is 0 Å². The number of ether oxygens (including phenoxy) is 1. The topological polar surface area (TPSA) is 113 Å². The molecule has 0 saturated heterocycles. The Hall–Kier alpha value is -1.63. The Balaban J connectivity index is 4.13. The SMILES string of the molecule is COC(C)CCC(=O)N[C@H](CC(=O)O)C(=O)O. The van der Waals surface area contributed by atoms with E-state index in [4.69, 9.17) is 14.9 Å². The van der Waals surface area contributed by atoms with Crippen LogP contribution >= 0.6 is 0 Å². The Morgan fingerprint density at radius 2 is 1.88 bits per heavy atom. The summed E-state index contributed by atoms with van der Waals surface area (Å²) in [6.45, 7) is 1.78. The molecule has 0 aliphatic heterocycles. The Morgan fingerprint density at radius 1 is 1.29 bits per heavy atom. The molecule has 1 unspecified atom stereocenters. The summed E-state index contributed by atoms with van der Waals surface area (Å²) in [5.41, 5.74) is 0. The molecule has 0 aromatic rings. The van der Waals surface area contributed by atoms with Crippen LogP contribution in [-0.2, 0) is 19.1 Å². The fraction of sp³-hybridized carbons (Fsp3) is 0.700. The highest BCUT2D eigenvalue weighted by atomic mass is 16.5. The first-order chi connectivity index (χ1) is 7.86. The zero-order valence-electron chi connectivity index (χ0n) is 9.80. The van der Waals surface area contributed by atoms with Gasteiger partial charge in [0.2, 0.25) is 5.91 Å². The van der Waals surface area contributed by atoms with Crippen molar-refractivity contribution >= 4 is 17.8 Å². The van der Waals surface area contributed by atoms with E-state index in [9.17, 15) is 14.4 Å². The van der Waals surface area contributed by atoms with Crippen molar-refractivity contribution < 1.29 is 29.3 Å². The van der Waals surface area contributed by atoms with Gasteiger partial charge in [-0.15, -0.1) is 0 Å². The van der Waals surface area contributed by atoms with Gasteiger partial charge in [-0.2, -0.15) is 0 Å². The van der Waals surface area contributed by atoms with Gasteiger partial charge >= 0.3 is 11.9 Å². The minimum absolute atomic E-state index is 0.0956. The quantitative estimate of drug-likeness (QED) is 0.549. The number of aliphatic carboxylic acids is 2. The third kappa shape index (κ3) is 7.29. The maximum atomic E-state index is 11.3. The second-order valence-corrected chi connectivity index (χ2v) is 3.64. The zero-order valence-corrected chi connectivity index (χ0v) is 9.80. The molecule has 0 aromatic heterocycles. The van der Waals surface area contributed by atoms with Gasteiger partial charge in [0.15, 0.2) is 0 Å². The fourth-order valence-corrected chi connectivity index (χ4v) is 1.09. The highest BCUT2D eigenvalue weighted by Crippen LogP contribution is 2.01. The number of carboxylic acid groups (broad SMARTS) is 2. The van der Waals surface area contributed by atoms with Crippen molar-refractivity contribution in [2.24, 2.45) is 0 Å². The third-order valence-electron chi connectivity index (χ3n) is 2.19. The van der Waals surface area contributed by atoms with Crippen LogP contribution < -0.4 is 5.32 Å². The van der Waals surface area contributed by atoms with Crippen molar-refractivity contribution in [2.45, 2.75) is 38.3 Å². The van der Waals surface area contributed by atoms with Crippen LogP contribution in [0.2, 0.25) is 0 Å². The van der Waals surface area contributed by atoms with Gasteiger partial charge < -0.3 is 20.3 Å². The summed E-state index contributed by atoms with van der Waals surface area (Å²) in [6, 6.07) is -1.39. The molecule has 3 N–H and O–H groups in total. The van der Waals surface area contributed by atoms with E-state index < -0.39 is 30.3 Å². The lowest BCUT2D eigenvalue weighted by atomic mass is 10.1. The molecule has 17 heavy (non-hydrogen) atoms. The van der Waals surface area contributed by atoms with Gasteiger partial charge in [0, 0.05) is 13.5 Å². The van der Waals surface area contributed by atoms with E-state index >= 15 is 0 Å². The number of rotatable bonds is 8. The van der Waals surface area contributed by atoms with Gasteiger partial charge in [0.05, 0.1) is 12.5 Å². The lowest BCUT2D eigenvalue weighted by Gasteiger charge is -2.13. The monoisotopic (exact) mass is 247 g/mol. The van der Waals surface area contributed by atoms with Crippen molar-refractivity contribution in [3.8, 4) is 0 Å². The van der Waals surface area contributed by atoms with Crippen LogP contribution in [0.25, 0.3) is 0 Å². The number of amides is 1. The van der Waals surface area contributed by atoms with Gasteiger partial charge in [-0.25, -0.2) is 4.79 Å². The van der Waals surface area contributed by atoms with Crippen LogP contribution in [0.15, 0.2) is 0 Å². The first kappa shape index (κ1) is 15.4. The van der Waals surface area contributed by atoms with E-state index in [1.54, 1.807) is 6.92 Å². The predicted molar refractivity (Wildman–Crippen MR) is 57.5 cm³/mol. The molecule has 1 amide bonds. The number of carboxylic acids is 2. The molecule has 7 heteroatoms. The molecule has 0 bridgehead atoms. The molecule has 0 aliphatic rings. The maximum absolute atomic E-state index is 11.3. The van der Waals surface area contributed by atoms with Crippen molar-refractivity contribution in [2.75, 3.05) is 7.11 Å². The summed E-state index contributed by atoms with van der Waals surface area (Å²) in [4.78, 5) is 32.4. The van der Waals surface area contributed by atoms with Gasteiger partial charge in [-0.05, 0) is 13.3 Å². The summed E-state index contributed by atoms with van der Waals surface area (Å²) < 4.78 is 4.93. The molecule has 0 saturated carbocycles. The van der Waals surface area contributed by atoms with Gasteiger partial charge in [-0.1, -0.05) is 0 Å². The van der Waals surface area contributed by atoms with E-state index in [1.807, 2.05) is 0 Å². The number of hydrogen-bond acceptors (Lipinski definition) is 4. The number of hydrogen-bond donors (Lipinski definition) is 3. The average molecular weight is 247 g/mol. The second kappa shape index (κ2) is 7.61. The van der Waals surface area contributed by atoms with Crippen molar-refractivity contribution in [3.63, 3.8) is 0 Å². The Bertz CT molecular complexity index is 291. The summed E-state index contributed by atoms with van der Waals surface area (Å²) in [6.07, 6.45) is -0.204. The minimum atomic E-state index is -1.39. The first-order valence-electron chi connectivity index (χ1n) is 5.13. The molecule has 98 valence electrons. The first-order valence-corrected chi connectivity index (χ1v) is 5.13. The normalized spacial score (nSPS) is 13.8. The standard InChI is InChI=1S/C10H17NO6/c1-6(17-2)3-4-8(12)11-7(10(15)16)5-9(13)14/h6-7H,3-5H2,1-2H3,(H,11,12)(H,13,14)(H,15,16)/t6?,7-/m1/s1. The molecule has 2 atom stereocenters. The lowest BCUT2D eigenvalue weighted by Crippen LogP contribution is -2.42. The third-order valence-corrected chi connectivity index (χ3v) is 2.19. The van der Waals surface area contributed by atoms with E-state index in [1.165, 1.54) is 7.11 Å². The van der Waals surface area contributed by atoms with Crippen molar-refractivity contribution in [3.05, 3.63) is 0 Å². The Morgan fingerprint density at radius 3 is 2.29 bits per heavy atom. The predicted octanol–water partition coefficient (Wildman–Crippen LogP) is -0.154. The summed E-state index contributed by atoms with van der Waals surface area (Å²) in [7, 11) is 1.51. The molecule has 7 nitrogen and oxygen atoms in total. The van der Waals surface area contributed by atoms with Crippen LogP contribution in [0.3, 0.4) is 0 Å². The van der Waals surface area contributed by atoms with Crippen molar-refractivity contribution in [1.82, 2.24) is 5.32 Å². The zero-order chi connectivity index (χ0) is 13.4. The van der Waals surface area contributed by atoms with E-state index in [-0.39, 0.29) is 12.5 Å². The van der Waals surface area contributed by atoms with Crippen LogP contribution in [0.5, 0.6) is 0 Å². The molecule has 0 fully saturated rings. The molecule has 0 spiro atoms. The highest BCUT2D eigenvalue weighted by molar-refractivity contribution is 5.86. The summed E-state index contributed by atoms with van der Waals surface area (Å²) in [5, 5.41) is 19.3. The molecule has 0 heterocycles. The van der Waals surface area contributed by atoms with E-state index in [0.717, 1.165) is 0 Å². The van der Waals surface area contributed by atoms with Gasteiger partial charge in [0.1, 0.15) is 6.04 Å². The Kier molecular flexibility index (Phi) is 6.88. The number of carbonyl (C=O) groups excluding carboxylic acids is 1. The number of methoxy groups -OCH3 is 1. The summed E-state index contributed by atoms with van der Waals surface area (Å²) >= 11 is 0. The minimum Gasteiger partial charge on any atom is -0.481 e. The fourth-order valence-electron chi connectivity index (χ4n) is 1.09. The molecule has 0 aliphatic carbocycles. The largest absolute Gasteiger partial charge is 0.481 e. The van der Waals surface area contributed by atoms with Crippen molar-refractivity contribution in [1.29, 1.82) is 0 Å². The lowest BCUT2D eigenvalue weighted by molar-refractivity contribution is -0.147. The maximum Gasteiger partial charge on any atom is 0.326 e. The Labute approximate surface area is 98.8 Å². The molecule has 0 aromatic carbocycles. The molecular formula is C10H17NO6. The second-order valence-electron chi connectivity index (χ2n) is 3.64.